The molecule has 0 saturated heterocycles. The summed E-state index contributed by atoms with van der Waals surface area (Å²) in [5, 5.41) is 3.59. The zero-order chi connectivity index (χ0) is 14.4. The summed E-state index contributed by atoms with van der Waals surface area (Å²) in [5.41, 5.74) is 0.717. The molecule has 0 aromatic heterocycles. The fourth-order valence-electron chi connectivity index (χ4n) is 1.59. The van der Waals surface area contributed by atoms with Crippen LogP contribution in [-0.2, 0) is 9.53 Å². The maximum absolute atomic E-state index is 11.9. The van der Waals surface area contributed by atoms with Crippen molar-refractivity contribution in [2.45, 2.75) is 26.8 Å². The van der Waals surface area contributed by atoms with Gasteiger partial charge in [-0.1, -0.05) is 55.9 Å². The number of hydrogen-bond acceptors (Lipinski definition) is 3. The largest absolute Gasteiger partial charge is 0.464 e. The van der Waals surface area contributed by atoms with Crippen LogP contribution in [0.15, 0.2) is 24.3 Å². The molecule has 0 aliphatic heterocycles. The molecule has 5 heteroatoms. The summed E-state index contributed by atoms with van der Waals surface area (Å²) in [6.07, 6.45) is 0. The average molecular weight is 300 g/mol. The van der Waals surface area contributed by atoms with Gasteiger partial charge in [-0.15, -0.1) is 0 Å². The maximum Gasteiger partial charge on any atom is 0.328 e. The third-order valence-corrected chi connectivity index (χ3v) is 3.28. The Hall–Kier alpha value is -1.13. The van der Waals surface area contributed by atoms with Gasteiger partial charge in [-0.3, -0.25) is 0 Å². The van der Waals surface area contributed by atoms with Gasteiger partial charge >= 0.3 is 5.97 Å². The van der Waals surface area contributed by atoms with E-state index in [-0.39, 0.29) is 11.9 Å². The molecular formula is C14H18ClNO2S. The van der Waals surface area contributed by atoms with E-state index in [9.17, 15) is 4.79 Å². The second-order valence-electron chi connectivity index (χ2n) is 4.43. The van der Waals surface area contributed by atoms with Gasteiger partial charge in [0, 0.05) is 5.56 Å². The van der Waals surface area contributed by atoms with E-state index in [4.69, 9.17) is 28.6 Å². The van der Waals surface area contributed by atoms with Gasteiger partial charge in [0.2, 0.25) is 0 Å². The van der Waals surface area contributed by atoms with E-state index in [1.54, 1.807) is 13.0 Å². The quantitative estimate of drug-likeness (QED) is 0.669. The Bertz CT molecular complexity index is 463. The highest BCUT2D eigenvalue weighted by Crippen LogP contribution is 2.16. The zero-order valence-electron chi connectivity index (χ0n) is 11.3. The SMILES string of the molecule is CCOC(=O)C(NC(=S)c1ccccc1Cl)C(C)C. The Labute approximate surface area is 124 Å². The number of carbonyl (C=O) groups excluding carboxylic acids is 1. The van der Waals surface area contributed by atoms with Crippen molar-refractivity contribution in [3.8, 4) is 0 Å². The number of carbonyl (C=O) groups is 1. The predicted molar refractivity (Wildman–Crippen MR) is 81.5 cm³/mol. The highest BCUT2D eigenvalue weighted by molar-refractivity contribution is 7.80. The van der Waals surface area contributed by atoms with E-state index in [0.29, 0.717) is 22.2 Å². The minimum Gasteiger partial charge on any atom is -0.464 e. The molecule has 1 aromatic carbocycles. The topological polar surface area (TPSA) is 38.3 Å². The summed E-state index contributed by atoms with van der Waals surface area (Å²) in [6.45, 7) is 6.00. The van der Waals surface area contributed by atoms with Crippen molar-refractivity contribution in [3.05, 3.63) is 34.9 Å². The van der Waals surface area contributed by atoms with E-state index in [1.807, 2.05) is 32.0 Å². The van der Waals surface area contributed by atoms with Gasteiger partial charge in [-0.05, 0) is 18.9 Å². The van der Waals surface area contributed by atoms with Crippen molar-refractivity contribution >= 4 is 34.8 Å². The summed E-state index contributed by atoms with van der Waals surface area (Å²) in [5.74, 6) is -0.230. The van der Waals surface area contributed by atoms with E-state index < -0.39 is 6.04 Å². The maximum atomic E-state index is 11.9. The lowest BCUT2D eigenvalue weighted by atomic mass is 10.0. The van der Waals surface area contributed by atoms with Crippen molar-refractivity contribution in [2.24, 2.45) is 5.92 Å². The van der Waals surface area contributed by atoms with Crippen LogP contribution in [-0.4, -0.2) is 23.6 Å². The van der Waals surface area contributed by atoms with Crippen molar-refractivity contribution in [2.75, 3.05) is 6.61 Å². The molecule has 3 nitrogen and oxygen atoms in total. The first-order valence-corrected chi connectivity index (χ1v) is 6.98. The first kappa shape index (κ1) is 15.9. The second-order valence-corrected chi connectivity index (χ2v) is 5.24. The van der Waals surface area contributed by atoms with Gasteiger partial charge in [0.15, 0.2) is 0 Å². The van der Waals surface area contributed by atoms with Crippen LogP contribution in [0.25, 0.3) is 0 Å². The Morgan fingerprint density at radius 1 is 1.42 bits per heavy atom. The molecule has 0 spiro atoms. The molecular weight excluding hydrogens is 282 g/mol. The molecule has 0 fully saturated rings. The number of nitrogens with one attached hydrogen (secondary N) is 1. The number of thiocarbonyl (C=S) groups is 1. The van der Waals surface area contributed by atoms with Gasteiger partial charge in [0.1, 0.15) is 11.0 Å². The van der Waals surface area contributed by atoms with Crippen LogP contribution in [0, 0.1) is 5.92 Å². The highest BCUT2D eigenvalue weighted by Gasteiger charge is 2.24. The van der Waals surface area contributed by atoms with Crippen LogP contribution in [0.3, 0.4) is 0 Å². The van der Waals surface area contributed by atoms with E-state index in [1.165, 1.54) is 0 Å². The van der Waals surface area contributed by atoms with Gasteiger partial charge in [0.25, 0.3) is 0 Å². The van der Waals surface area contributed by atoms with Crippen molar-refractivity contribution < 1.29 is 9.53 Å². The zero-order valence-corrected chi connectivity index (χ0v) is 12.8. The van der Waals surface area contributed by atoms with Crippen molar-refractivity contribution in [1.82, 2.24) is 5.32 Å². The molecule has 104 valence electrons. The minimum atomic E-state index is -0.469. The Morgan fingerprint density at radius 3 is 2.58 bits per heavy atom. The van der Waals surface area contributed by atoms with Crippen molar-refractivity contribution in [1.29, 1.82) is 0 Å². The highest BCUT2D eigenvalue weighted by atomic mass is 35.5. The Kier molecular flexibility index (Phi) is 6.25. The Morgan fingerprint density at radius 2 is 2.05 bits per heavy atom. The van der Waals surface area contributed by atoms with Gasteiger partial charge in [-0.2, -0.15) is 0 Å². The third kappa shape index (κ3) is 4.48. The molecule has 0 bridgehead atoms. The smallest absolute Gasteiger partial charge is 0.328 e. The fourth-order valence-corrected chi connectivity index (χ4v) is 2.19. The number of ether oxygens (including phenoxy) is 1. The summed E-state index contributed by atoms with van der Waals surface area (Å²) in [7, 11) is 0. The standard InChI is InChI=1S/C14H18ClNO2S/c1-4-18-14(17)12(9(2)3)16-13(19)10-7-5-6-8-11(10)15/h5-9,12H,4H2,1-3H3,(H,16,19). The molecule has 0 aliphatic rings. The number of esters is 1. The lowest BCUT2D eigenvalue weighted by Crippen LogP contribution is -2.45. The molecule has 0 amide bonds. The molecule has 0 aliphatic carbocycles. The predicted octanol–water partition coefficient (Wildman–Crippen LogP) is 3.19. The number of hydrogen-bond donors (Lipinski definition) is 1. The van der Waals surface area contributed by atoms with Gasteiger partial charge < -0.3 is 10.1 Å². The fraction of sp³-hybridized carbons (Fsp3) is 0.429. The monoisotopic (exact) mass is 299 g/mol. The average Bonchev–Trinajstić information content (AvgIpc) is 2.36. The van der Waals surface area contributed by atoms with Gasteiger partial charge in [0.05, 0.1) is 11.6 Å². The summed E-state index contributed by atoms with van der Waals surface area (Å²) >= 11 is 11.4. The van der Waals surface area contributed by atoms with Crippen LogP contribution in [0.5, 0.6) is 0 Å². The summed E-state index contributed by atoms with van der Waals surface area (Å²) < 4.78 is 5.04. The molecule has 19 heavy (non-hydrogen) atoms. The van der Waals surface area contributed by atoms with E-state index >= 15 is 0 Å². The molecule has 1 aromatic rings. The molecule has 1 rings (SSSR count). The van der Waals surface area contributed by atoms with Crippen LogP contribution in [0.4, 0.5) is 0 Å². The van der Waals surface area contributed by atoms with E-state index in [2.05, 4.69) is 5.32 Å². The number of rotatable bonds is 5. The molecule has 1 N–H and O–H groups in total. The minimum absolute atomic E-state index is 0.0690. The lowest BCUT2D eigenvalue weighted by molar-refractivity contribution is -0.146. The second kappa shape index (κ2) is 7.46. The first-order valence-electron chi connectivity index (χ1n) is 6.19. The summed E-state index contributed by atoms with van der Waals surface area (Å²) in [4.78, 5) is 12.3. The summed E-state index contributed by atoms with van der Waals surface area (Å²) in [6, 6.07) is 6.80. The van der Waals surface area contributed by atoms with E-state index in [0.717, 1.165) is 0 Å². The third-order valence-electron chi connectivity index (χ3n) is 2.61. The normalized spacial score (nSPS) is 12.1. The van der Waals surface area contributed by atoms with Crippen LogP contribution in [0.1, 0.15) is 26.3 Å². The van der Waals surface area contributed by atoms with Crippen LogP contribution < -0.4 is 5.32 Å². The van der Waals surface area contributed by atoms with Crippen LogP contribution >= 0.6 is 23.8 Å². The lowest BCUT2D eigenvalue weighted by Gasteiger charge is -2.22. The van der Waals surface area contributed by atoms with Crippen LogP contribution in [0.2, 0.25) is 5.02 Å². The van der Waals surface area contributed by atoms with Gasteiger partial charge in [-0.25, -0.2) is 4.79 Å². The number of halogens is 1. The molecule has 1 unspecified atom stereocenters. The molecule has 0 radical (unpaired) electrons. The Balaban J connectivity index is 2.83. The molecule has 1 atom stereocenters. The molecule has 0 heterocycles. The number of benzene rings is 1. The molecule has 0 saturated carbocycles. The first-order chi connectivity index (χ1) is 8.97. The van der Waals surface area contributed by atoms with Crippen molar-refractivity contribution in [3.63, 3.8) is 0 Å².